The number of primary amides is 1. The van der Waals surface area contributed by atoms with E-state index in [9.17, 15) is 53.3 Å². The molecule has 0 aliphatic carbocycles. The molecule has 0 bridgehead atoms. The van der Waals surface area contributed by atoms with Gasteiger partial charge >= 0.3 is 5.97 Å². The number of phenolic OH excluding ortho intramolecular Hbond substituents is 1. The van der Waals surface area contributed by atoms with Crippen molar-refractivity contribution in [1.29, 1.82) is 10.8 Å². The smallest absolute Gasteiger partial charge is 0.305 e. The van der Waals surface area contributed by atoms with Crippen molar-refractivity contribution >= 4 is 135 Å². The number of para-hydroxylation sites is 1. The van der Waals surface area contributed by atoms with E-state index in [2.05, 4.69) is 90.1 Å². The Balaban J connectivity index is 1.25. The fourth-order valence-electron chi connectivity index (χ4n) is 15.9. The third-order valence-electron chi connectivity index (χ3n) is 24.2. The number of nitrogens with zero attached hydrogens (tertiary/aromatic N) is 1. The van der Waals surface area contributed by atoms with Crippen LogP contribution < -0.4 is 102 Å². The molecule has 16 amide bonds. The van der Waals surface area contributed by atoms with E-state index >= 15 is 52.3 Å². The van der Waals surface area contributed by atoms with Gasteiger partial charge in [0, 0.05) is 75.1 Å². The summed E-state index contributed by atoms with van der Waals surface area (Å²) in [5.41, 5.74) is 20.4. The number of nitrogens with two attached hydrogens (primary N) is 3. The number of hydrogen-bond acceptors (Lipinski definition) is 22. The second-order valence-electron chi connectivity index (χ2n) is 37.2. The number of phenols is 1. The molecule has 6 aromatic carbocycles. The summed E-state index contributed by atoms with van der Waals surface area (Å²) in [4.78, 5) is 255. The number of fused-ring (bicyclic) bond motifs is 1. The Morgan fingerprint density at radius 2 is 0.878 bits per heavy atom. The van der Waals surface area contributed by atoms with Gasteiger partial charge in [-0.3, -0.25) is 92.3 Å². The van der Waals surface area contributed by atoms with Gasteiger partial charge in [0.1, 0.15) is 96.4 Å². The van der Waals surface area contributed by atoms with E-state index in [-0.39, 0.29) is 74.9 Å². The highest BCUT2D eigenvalue weighted by Crippen LogP contribution is 2.25. The van der Waals surface area contributed by atoms with Crippen molar-refractivity contribution in [2.45, 2.75) is 230 Å². The number of aromatic hydroxyl groups is 1. The lowest BCUT2D eigenvalue weighted by Crippen LogP contribution is -2.63. The number of aliphatic hydroxyl groups is 1. The highest BCUT2D eigenvalue weighted by atomic mass is 32.2. The van der Waals surface area contributed by atoms with Crippen LogP contribution in [0.1, 0.15) is 129 Å². The lowest BCUT2D eigenvalue weighted by Gasteiger charge is -2.32. The number of benzene rings is 6. The molecule has 43 nitrogen and oxygen atoms in total. The summed E-state index contributed by atoms with van der Waals surface area (Å²) in [6.45, 7) is 12.8. The fourth-order valence-corrected chi connectivity index (χ4v) is 16.8. The molecule has 0 saturated carbocycles. The van der Waals surface area contributed by atoms with Crippen LogP contribution in [-0.2, 0) is 114 Å². The maximum Gasteiger partial charge on any atom is 0.305 e. The zero-order valence-corrected chi connectivity index (χ0v) is 84.0. The average Bonchev–Trinajstić information content (AvgIpc) is 1.70. The van der Waals surface area contributed by atoms with E-state index in [1.54, 1.807) is 107 Å². The lowest BCUT2D eigenvalue weighted by molar-refractivity contribution is -0.142. The summed E-state index contributed by atoms with van der Waals surface area (Å²) >= 11 is 0.685. The van der Waals surface area contributed by atoms with Crippen molar-refractivity contribution in [3.63, 3.8) is 0 Å². The van der Waals surface area contributed by atoms with Gasteiger partial charge in [0.05, 0.1) is 18.3 Å². The van der Waals surface area contributed by atoms with Gasteiger partial charge in [0.15, 0.2) is 23.6 Å². The highest BCUT2D eigenvalue weighted by molar-refractivity contribution is 8.00. The third kappa shape index (κ3) is 36.9. The summed E-state index contributed by atoms with van der Waals surface area (Å²) in [5.74, 6) is -26.2. The molecule has 0 radical (unpaired) electrons. The van der Waals surface area contributed by atoms with Gasteiger partial charge in [-0.1, -0.05) is 163 Å². The molecule has 28 N–H and O–H groups in total. The number of carboxylic acid groups (broad SMARTS) is 1. The molecule has 8 rings (SSSR count). The number of carbonyl (C=O) groups is 17. The Hall–Kier alpha value is -15.6. The molecule has 1 aromatic heterocycles. The number of halogens is 2. The van der Waals surface area contributed by atoms with Crippen molar-refractivity contribution in [2.24, 2.45) is 35.0 Å². The lowest BCUT2D eigenvalue weighted by atomic mass is 9.98. The molecule has 7 aromatic rings. The van der Waals surface area contributed by atoms with Gasteiger partial charge in [-0.15, -0.1) is 11.8 Å². The van der Waals surface area contributed by atoms with Gasteiger partial charge in [-0.05, 0) is 140 Å². The van der Waals surface area contributed by atoms with Gasteiger partial charge in [0.2, 0.25) is 94.5 Å². The molecule has 0 unspecified atom stereocenters. The van der Waals surface area contributed by atoms with Crippen LogP contribution >= 0.6 is 11.8 Å². The fraction of sp³-hybridized carbons (Fsp3) is 0.436. The number of nitrogens with one attached hydrogen (secondary N) is 19. The molecule has 1 saturated heterocycles. The first kappa shape index (κ1) is 117. The van der Waals surface area contributed by atoms with E-state index < -0.39 is 276 Å². The molecule has 0 spiro atoms. The van der Waals surface area contributed by atoms with Crippen LogP contribution in [-0.4, -0.2) is 266 Å². The molecule has 1 aliphatic heterocycles. The molecule has 16 atom stereocenters. The van der Waals surface area contributed by atoms with Gasteiger partial charge in [-0.2, -0.15) is 0 Å². The number of thioether (sulfide) groups is 1. The minimum atomic E-state index is -2.11. The minimum absolute atomic E-state index is 0.0317. The van der Waals surface area contributed by atoms with Crippen LogP contribution in [0.3, 0.4) is 0 Å². The SMILES string of the molecule is CC(C)C[C@@H]1NC(=O)[C@H](CCCNC(=N)N)NC(=O)[C@@H](Cc2ccc(F)c(F)c2)NC(=O)[C@H](C)N(C)C(=O)[C@H](CCCNC(=N)N)NC(=O)[C@H](Cc2ccc(-c3ccccc3)cc2)NC(=O)[C@H](C(C)C)NC(=O)[C@H](Cc2c[nH]c3ccccc23)NC(=O)[C@H](CC(=O)O)NC(=O)[C@H](Cc2ccc(O)cc2)NC(=O)[C@H](Cc2ccccc2)NC(=O)CSC[C@@H](C(=O)N[C@@H](C)C(N)=O)NC(=O)[C@H]([C@@H](C)O)NC(=O)[C@H](C(C)C)NC1=O. The molecule has 792 valence electrons. The summed E-state index contributed by atoms with van der Waals surface area (Å²) in [5, 5.41) is 89.9. The van der Waals surface area contributed by atoms with Crippen LogP contribution in [0.5, 0.6) is 5.75 Å². The molecule has 1 fully saturated rings. The van der Waals surface area contributed by atoms with Crippen molar-refractivity contribution in [1.82, 2.24) is 95.0 Å². The number of rotatable bonds is 29. The van der Waals surface area contributed by atoms with E-state index in [1.165, 1.54) is 65.2 Å². The summed E-state index contributed by atoms with van der Waals surface area (Å²) in [7, 11) is 1.18. The van der Waals surface area contributed by atoms with Gasteiger partial charge in [0.25, 0.3) is 0 Å². The molecular weight excluding hydrogens is 1930 g/mol. The summed E-state index contributed by atoms with van der Waals surface area (Å²) < 4.78 is 30.0. The largest absolute Gasteiger partial charge is 0.508 e. The zero-order chi connectivity index (χ0) is 108. The number of hydrogen-bond donors (Lipinski definition) is 25. The third-order valence-corrected chi connectivity index (χ3v) is 25.3. The standard InChI is InChI=1S/C101H133F2N23O20S/c1-52(2)41-72-93(140)124-83(54(5)6)97(144)125-84(57(9)127)98(145)122-79(95(142)112-55(7)85(104)132)50-147-51-80(129)113-73(43-58-21-13-11-14-22-58)88(135)118-74(45-60-31-36-65(128)37-32-60)91(138)120-78(48-81(130)131)92(139)119-77(47-64-49-111-69-26-18-17-25-66(64)69)94(141)123-82(53(3)4)96(143)121-75(44-59-29-34-63(35-30-59)62-23-15-12-16-24-62)90(137)115-71(28-20-40-110-101(107)108)99(146)126(10)56(8)86(133)116-76(46-61-33-38-67(102)68(103)42-61)89(136)114-70(87(134)117-72)27-19-39-109-100(105)106/h11-18,21-26,29-38,42,49,52-57,70-79,82-84,111,127-128H,19-20,27-28,39-41,43-48,50-51H2,1-10H3,(H2,104,132)(H,112,142)(H,113,129)(H,114,136)(H,115,137)(H,116,133)(H,117,134)(H,118,135)(H,119,139)(H,120,138)(H,121,143)(H,122,145)(H,123,141)(H,124,140)(H,125,144)(H,130,131)(H4,105,106,109)(H4,107,108,110)/t55-,56-,57+,70-,71-,72-,73-,74-,75-,76+,77-,78-,79-,82-,83-,84-/m0/s1. The monoisotopic (exact) mass is 2060 g/mol. The number of likely N-dealkylation sites (N-methyl/N-ethyl adjacent to an activating group) is 1. The maximum absolute atomic E-state index is 15.6. The van der Waals surface area contributed by atoms with Crippen LogP contribution in [0, 0.1) is 40.2 Å². The first-order chi connectivity index (χ1) is 69.6. The van der Waals surface area contributed by atoms with Crippen molar-refractivity contribution in [3.8, 4) is 16.9 Å². The molecular formula is C101H133F2N23O20S. The Labute approximate surface area is 852 Å². The van der Waals surface area contributed by atoms with E-state index in [4.69, 9.17) is 28.0 Å². The van der Waals surface area contributed by atoms with Crippen molar-refractivity contribution in [2.75, 3.05) is 31.6 Å². The van der Waals surface area contributed by atoms with E-state index in [0.717, 1.165) is 41.1 Å². The predicted octanol–water partition coefficient (Wildman–Crippen LogP) is -0.0418. The number of aliphatic hydroxyl groups excluding tert-OH is 1. The predicted molar refractivity (Wildman–Crippen MR) is 542 cm³/mol. The second kappa shape index (κ2) is 56.6. The summed E-state index contributed by atoms with van der Waals surface area (Å²) in [6, 6.07) is 13.2. The van der Waals surface area contributed by atoms with Crippen LogP contribution in [0.25, 0.3) is 22.0 Å². The molecule has 147 heavy (non-hydrogen) atoms. The molecule has 46 heteroatoms. The van der Waals surface area contributed by atoms with Crippen molar-refractivity contribution in [3.05, 3.63) is 197 Å². The number of carbonyl (C=O) groups excluding carboxylic acids is 16. The molecule has 1 aliphatic rings. The number of amides is 16. The number of aliphatic carboxylic acids is 1. The molecule has 2 heterocycles. The Kier molecular flexibility index (Phi) is 44.9. The van der Waals surface area contributed by atoms with Crippen LogP contribution in [0.4, 0.5) is 8.78 Å². The topological polar surface area (TPSA) is 688 Å². The Morgan fingerprint density at radius 3 is 1.41 bits per heavy atom. The van der Waals surface area contributed by atoms with Gasteiger partial charge in [-0.25, -0.2) is 8.78 Å². The number of carboxylic acids is 1. The second-order valence-corrected chi connectivity index (χ2v) is 38.2. The number of aromatic nitrogens is 1. The normalized spacial score (nSPS) is 22.5. The highest BCUT2D eigenvalue weighted by Gasteiger charge is 2.42. The quantitative estimate of drug-likeness (QED) is 0.0166. The minimum Gasteiger partial charge on any atom is -0.508 e. The average molecular weight is 2060 g/mol. The number of H-pyrrole nitrogens is 1. The summed E-state index contributed by atoms with van der Waals surface area (Å²) in [6.07, 6.45) is -4.44. The van der Waals surface area contributed by atoms with Crippen LogP contribution in [0.2, 0.25) is 0 Å². The van der Waals surface area contributed by atoms with Gasteiger partial charge < -0.3 is 127 Å². The van der Waals surface area contributed by atoms with E-state index in [0.29, 0.717) is 39.4 Å². The zero-order valence-electron chi connectivity index (χ0n) is 83.2. The number of guanidine groups is 2. The Morgan fingerprint density at radius 1 is 0.463 bits per heavy atom. The Bertz CT molecular complexity index is 5810. The van der Waals surface area contributed by atoms with E-state index in [1.807, 2.05) is 30.3 Å². The number of aromatic amines is 1. The first-order valence-corrected chi connectivity index (χ1v) is 49.2. The first-order valence-electron chi connectivity index (χ1n) is 48.0. The maximum atomic E-state index is 15.6. The van der Waals surface area contributed by atoms with Crippen molar-refractivity contribution < 1.29 is 106 Å². The van der Waals surface area contributed by atoms with Crippen LogP contribution in [0.15, 0.2) is 158 Å².